The van der Waals surface area contributed by atoms with Gasteiger partial charge in [-0.3, -0.25) is 4.79 Å². The van der Waals surface area contributed by atoms with E-state index in [1.807, 2.05) is 0 Å². The minimum absolute atomic E-state index is 0.00318. The standard InChI is InChI=1S/C29H28BF3N2O6/c1-5-41-29(38)18-12-35(27-14(2)25(32)26(33)24(30)23(27)28(18)37)21-10-20(19(31)8-16(21)13-36)34-11-15-6-7-17(39-3)9-22(15)40-4/h6-10,12,34,36H,5,11,13,30H2,1-4H3. The molecule has 0 atom stereocenters. The predicted molar refractivity (Wildman–Crippen MR) is 151 cm³/mol. The van der Waals surface area contributed by atoms with Crippen LogP contribution < -0.4 is 25.7 Å². The number of aliphatic hydroxyl groups is 1. The smallest absolute Gasteiger partial charge is 0.343 e. The first-order valence-corrected chi connectivity index (χ1v) is 12.7. The Bertz CT molecular complexity index is 1720. The van der Waals surface area contributed by atoms with Gasteiger partial charge in [-0.15, -0.1) is 0 Å². The van der Waals surface area contributed by atoms with E-state index < -0.39 is 41.0 Å². The quantitative estimate of drug-likeness (QED) is 0.236. The van der Waals surface area contributed by atoms with E-state index in [4.69, 9.17) is 14.2 Å². The molecule has 0 unspecified atom stereocenters. The number of pyridine rings is 1. The van der Waals surface area contributed by atoms with Gasteiger partial charge in [-0.1, -0.05) is 0 Å². The normalized spacial score (nSPS) is 11.0. The Morgan fingerprint density at radius 2 is 1.80 bits per heavy atom. The van der Waals surface area contributed by atoms with Gasteiger partial charge in [-0.05, 0) is 43.6 Å². The summed E-state index contributed by atoms with van der Waals surface area (Å²) in [6.07, 6.45) is 1.13. The molecule has 1 heterocycles. The number of carbonyl (C=O) groups excluding carboxylic acids is 1. The summed E-state index contributed by atoms with van der Waals surface area (Å²) in [6, 6.07) is 7.58. The number of benzene rings is 3. The number of rotatable bonds is 9. The van der Waals surface area contributed by atoms with Gasteiger partial charge < -0.3 is 29.2 Å². The number of hydrogen-bond donors (Lipinski definition) is 2. The van der Waals surface area contributed by atoms with E-state index in [2.05, 4.69) is 5.32 Å². The number of aromatic nitrogens is 1. The molecule has 0 amide bonds. The summed E-state index contributed by atoms with van der Waals surface area (Å²) in [5.74, 6) is -3.00. The zero-order valence-electron chi connectivity index (χ0n) is 23.2. The van der Waals surface area contributed by atoms with Crippen molar-refractivity contribution < 1.29 is 37.3 Å². The molecule has 0 aliphatic rings. The molecule has 41 heavy (non-hydrogen) atoms. The fourth-order valence-electron chi connectivity index (χ4n) is 4.70. The van der Waals surface area contributed by atoms with E-state index in [1.54, 1.807) is 25.1 Å². The zero-order chi connectivity index (χ0) is 30.0. The highest BCUT2D eigenvalue weighted by Crippen LogP contribution is 2.31. The highest BCUT2D eigenvalue weighted by Gasteiger charge is 2.25. The molecule has 2 N–H and O–H groups in total. The monoisotopic (exact) mass is 568 g/mol. The van der Waals surface area contributed by atoms with Crippen LogP contribution in [0.25, 0.3) is 16.6 Å². The number of aliphatic hydroxyl groups excluding tert-OH is 1. The molecule has 0 radical (unpaired) electrons. The Labute approximate surface area is 234 Å². The topological polar surface area (TPSA) is 99.0 Å². The van der Waals surface area contributed by atoms with Crippen LogP contribution in [0.1, 0.15) is 34.0 Å². The van der Waals surface area contributed by atoms with Crippen molar-refractivity contribution >= 4 is 35.9 Å². The second kappa shape index (κ2) is 12.0. The molecule has 214 valence electrons. The van der Waals surface area contributed by atoms with E-state index in [1.165, 1.54) is 39.6 Å². The fraction of sp³-hybridized carbons (Fsp3) is 0.241. The average molecular weight is 568 g/mol. The maximum atomic E-state index is 15.2. The van der Waals surface area contributed by atoms with Gasteiger partial charge in [0.15, 0.2) is 11.6 Å². The van der Waals surface area contributed by atoms with Gasteiger partial charge in [0.25, 0.3) is 0 Å². The number of anilines is 1. The lowest BCUT2D eigenvalue weighted by Gasteiger charge is -2.21. The highest BCUT2D eigenvalue weighted by atomic mass is 19.2. The van der Waals surface area contributed by atoms with Gasteiger partial charge in [-0.2, -0.15) is 0 Å². The molecule has 1 aromatic heterocycles. The third-order valence-corrected chi connectivity index (χ3v) is 6.85. The number of hydrogen-bond acceptors (Lipinski definition) is 7. The molecule has 0 saturated heterocycles. The van der Waals surface area contributed by atoms with Crippen molar-refractivity contribution in [1.82, 2.24) is 4.57 Å². The summed E-state index contributed by atoms with van der Waals surface area (Å²) >= 11 is 0. The van der Waals surface area contributed by atoms with Gasteiger partial charge >= 0.3 is 5.97 Å². The van der Waals surface area contributed by atoms with E-state index in [0.717, 1.165) is 12.3 Å². The maximum Gasteiger partial charge on any atom is 0.343 e. The summed E-state index contributed by atoms with van der Waals surface area (Å²) < 4.78 is 61.9. The Morgan fingerprint density at radius 3 is 2.44 bits per heavy atom. The molecule has 0 bridgehead atoms. The van der Waals surface area contributed by atoms with Gasteiger partial charge in [0, 0.05) is 40.9 Å². The Kier molecular flexibility index (Phi) is 8.62. The van der Waals surface area contributed by atoms with Gasteiger partial charge in [0.1, 0.15) is 30.7 Å². The molecule has 0 spiro atoms. The fourth-order valence-corrected chi connectivity index (χ4v) is 4.70. The van der Waals surface area contributed by atoms with Crippen LogP contribution in [-0.2, 0) is 17.9 Å². The molecule has 3 aromatic carbocycles. The largest absolute Gasteiger partial charge is 0.497 e. The average Bonchev–Trinajstić information content (AvgIpc) is 2.97. The number of aryl methyl sites for hydroxylation is 1. The van der Waals surface area contributed by atoms with Crippen molar-refractivity contribution in [2.75, 3.05) is 26.1 Å². The Morgan fingerprint density at radius 1 is 1.07 bits per heavy atom. The molecule has 12 heteroatoms. The molecule has 0 saturated carbocycles. The van der Waals surface area contributed by atoms with Crippen molar-refractivity contribution in [3.63, 3.8) is 0 Å². The summed E-state index contributed by atoms with van der Waals surface area (Å²) in [7, 11) is 4.24. The molecular formula is C29H28BF3N2O6. The molecule has 0 fully saturated rings. The Hall–Kier alpha value is -4.45. The summed E-state index contributed by atoms with van der Waals surface area (Å²) in [5.41, 5.74) is -0.945. The van der Waals surface area contributed by atoms with Crippen LogP contribution in [0, 0.1) is 24.4 Å². The zero-order valence-corrected chi connectivity index (χ0v) is 23.2. The van der Waals surface area contributed by atoms with Crippen LogP contribution in [-0.4, -0.2) is 44.3 Å². The first-order chi connectivity index (χ1) is 19.6. The molecule has 8 nitrogen and oxygen atoms in total. The number of nitrogens with zero attached hydrogens (tertiary/aromatic N) is 1. The first-order valence-electron chi connectivity index (χ1n) is 12.7. The van der Waals surface area contributed by atoms with Crippen molar-refractivity contribution in [2.24, 2.45) is 0 Å². The van der Waals surface area contributed by atoms with Gasteiger partial charge in [0.05, 0.1) is 44.3 Å². The van der Waals surface area contributed by atoms with Crippen LogP contribution in [0.2, 0.25) is 0 Å². The first kappa shape index (κ1) is 29.5. The van der Waals surface area contributed by atoms with Crippen LogP contribution in [0.15, 0.2) is 41.3 Å². The third-order valence-electron chi connectivity index (χ3n) is 6.85. The number of fused-ring (bicyclic) bond motifs is 1. The van der Waals surface area contributed by atoms with E-state index in [9.17, 15) is 23.5 Å². The highest BCUT2D eigenvalue weighted by molar-refractivity contribution is 6.39. The van der Waals surface area contributed by atoms with Crippen LogP contribution >= 0.6 is 0 Å². The van der Waals surface area contributed by atoms with Gasteiger partial charge in [-0.25, -0.2) is 18.0 Å². The minimum atomic E-state index is -1.23. The number of methoxy groups -OCH3 is 2. The van der Waals surface area contributed by atoms with Crippen molar-refractivity contribution in [3.8, 4) is 17.2 Å². The van der Waals surface area contributed by atoms with Crippen LogP contribution in [0.5, 0.6) is 11.5 Å². The van der Waals surface area contributed by atoms with Crippen molar-refractivity contribution in [3.05, 3.63) is 86.5 Å². The molecule has 4 aromatic rings. The number of ether oxygens (including phenoxy) is 3. The van der Waals surface area contributed by atoms with Crippen LogP contribution in [0.3, 0.4) is 0 Å². The van der Waals surface area contributed by atoms with E-state index in [-0.39, 0.29) is 52.0 Å². The lowest BCUT2D eigenvalue weighted by Crippen LogP contribution is -2.28. The number of carbonyl (C=O) groups is 1. The maximum absolute atomic E-state index is 15.2. The number of esters is 1. The second-order valence-electron chi connectivity index (χ2n) is 9.21. The lowest BCUT2D eigenvalue weighted by atomic mass is 9.87. The SMILES string of the molecule is Bc1c(F)c(F)c(C)c2c1c(=O)c(C(=O)OCC)cn2-c1cc(NCc2ccc(OC)cc2OC)c(F)cc1CO. The molecule has 0 aliphatic heterocycles. The van der Waals surface area contributed by atoms with Crippen LogP contribution in [0.4, 0.5) is 18.9 Å². The number of nitrogens with one attached hydrogen (secondary N) is 1. The predicted octanol–water partition coefficient (Wildman–Crippen LogP) is 3.27. The molecule has 0 aliphatic carbocycles. The molecular weight excluding hydrogens is 540 g/mol. The lowest BCUT2D eigenvalue weighted by molar-refractivity contribution is 0.0524. The summed E-state index contributed by atoms with van der Waals surface area (Å²) in [6.45, 7) is 2.30. The Balaban J connectivity index is 1.96. The van der Waals surface area contributed by atoms with E-state index >= 15 is 4.39 Å². The minimum Gasteiger partial charge on any atom is -0.497 e. The number of halogens is 3. The third kappa shape index (κ3) is 5.34. The summed E-state index contributed by atoms with van der Waals surface area (Å²) in [4.78, 5) is 26.1. The van der Waals surface area contributed by atoms with Crippen molar-refractivity contribution in [2.45, 2.75) is 27.0 Å². The van der Waals surface area contributed by atoms with Crippen molar-refractivity contribution in [1.29, 1.82) is 0 Å². The second-order valence-corrected chi connectivity index (χ2v) is 9.21. The van der Waals surface area contributed by atoms with Gasteiger partial charge in [0.2, 0.25) is 5.43 Å². The molecule has 4 rings (SSSR count). The van der Waals surface area contributed by atoms with E-state index in [0.29, 0.717) is 17.1 Å². The summed E-state index contributed by atoms with van der Waals surface area (Å²) in [5, 5.41) is 12.9.